The molecule has 0 aliphatic carbocycles. The van der Waals surface area contributed by atoms with Crippen LogP contribution < -0.4 is 14.4 Å². The van der Waals surface area contributed by atoms with Crippen molar-refractivity contribution in [3.05, 3.63) is 82.8 Å². The molecule has 1 unspecified atom stereocenters. The monoisotopic (exact) mass is 453 g/mol. The first-order valence-corrected chi connectivity index (χ1v) is 10.2. The zero-order valence-electron chi connectivity index (χ0n) is 17.4. The van der Waals surface area contributed by atoms with E-state index in [0.29, 0.717) is 40.1 Å². The number of aliphatic hydroxyl groups is 1. The maximum absolute atomic E-state index is 13.1. The summed E-state index contributed by atoms with van der Waals surface area (Å²) < 4.78 is 16.2. The molecule has 0 spiro atoms. The second kappa shape index (κ2) is 8.80. The molecule has 7 nitrogen and oxygen atoms in total. The molecular weight excluding hydrogens is 434 g/mol. The molecule has 32 heavy (non-hydrogen) atoms. The standard InChI is InChI=1S/C24H20ClNO6/c1-3-31-19-13-14(6-11-17(19)25)22(27)20-21(18-5-4-12-32-18)26(24(29)23(20)28)15-7-9-16(30-2)10-8-15/h4-13,21,27H,3H2,1-2H3/b22-20-. The lowest BCUT2D eigenvalue weighted by Gasteiger charge is -2.23. The lowest BCUT2D eigenvalue weighted by molar-refractivity contribution is -0.132. The molecule has 0 bridgehead atoms. The van der Waals surface area contributed by atoms with Crippen LogP contribution in [0.3, 0.4) is 0 Å². The predicted octanol–water partition coefficient (Wildman–Crippen LogP) is 4.97. The normalized spacial score (nSPS) is 17.6. The lowest BCUT2D eigenvalue weighted by atomic mass is 9.99. The maximum Gasteiger partial charge on any atom is 0.300 e. The van der Waals surface area contributed by atoms with Crippen LogP contribution >= 0.6 is 11.6 Å². The molecule has 1 aliphatic heterocycles. The van der Waals surface area contributed by atoms with E-state index in [1.54, 1.807) is 55.5 Å². The summed E-state index contributed by atoms with van der Waals surface area (Å²) in [5.41, 5.74) is 0.659. The van der Waals surface area contributed by atoms with Crippen LogP contribution in [0.2, 0.25) is 5.02 Å². The molecule has 1 aliphatic rings. The van der Waals surface area contributed by atoms with Crippen LogP contribution in [0, 0.1) is 0 Å². The molecule has 8 heteroatoms. The average Bonchev–Trinajstić information content (AvgIpc) is 3.42. The highest BCUT2D eigenvalue weighted by Gasteiger charge is 2.48. The average molecular weight is 454 g/mol. The van der Waals surface area contributed by atoms with Gasteiger partial charge in [0.1, 0.15) is 29.1 Å². The van der Waals surface area contributed by atoms with E-state index in [1.807, 2.05) is 0 Å². The molecule has 4 rings (SSSR count). The van der Waals surface area contributed by atoms with Gasteiger partial charge in [-0.3, -0.25) is 14.5 Å². The number of carbonyl (C=O) groups is 2. The smallest absolute Gasteiger partial charge is 0.300 e. The molecule has 1 N–H and O–H groups in total. The number of ketones is 1. The SMILES string of the molecule is CCOc1cc(/C(O)=C2/C(=O)C(=O)N(c3ccc(OC)cc3)C2c2ccco2)ccc1Cl. The zero-order chi connectivity index (χ0) is 22.8. The quantitative estimate of drug-likeness (QED) is 0.322. The Hall–Kier alpha value is -3.71. The first kappa shape index (κ1) is 21.5. The molecular formula is C24H20ClNO6. The van der Waals surface area contributed by atoms with E-state index in [2.05, 4.69) is 0 Å². The Balaban J connectivity index is 1.87. The third-order valence-electron chi connectivity index (χ3n) is 5.11. The van der Waals surface area contributed by atoms with Crippen molar-refractivity contribution in [2.75, 3.05) is 18.6 Å². The number of hydrogen-bond donors (Lipinski definition) is 1. The Bertz CT molecular complexity index is 1180. The lowest BCUT2D eigenvalue weighted by Crippen LogP contribution is -2.29. The fourth-order valence-corrected chi connectivity index (χ4v) is 3.80. The highest BCUT2D eigenvalue weighted by Crippen LogP contribution is 2.43. The van der Waals surface area contributed by atoms with Gasteiger partial charge in [-0.15, -0.1) is 0 Å². The second-order valence-electron chi connectivity index (χ2n) is 6.96. The maximum atomic E-state index is 13.1. The molecule has 2 aromatic carbocycles. The van der Waals surface area contributed by atoms with Gasteiger partial charge in [0.2, 0.25) is 0 Å². The fraction of sp³-hybridized carbons (Fsp3) is 0.167. The van der Waals surface area contributed by atoms with Crippen LogP contribution in [0.5, 0.6) is 11.5 Å². The Morgan fingerprint density at radius 3 is 2.53 bits per heavy atom. The Labute approximate surface area is 189 Å². The number of amides is 1. The first-order chi connectivity index (χ1) is 15.5. The predicted molar refractivity (Wildman–Crippen MR) is 119 cm³/mol. The summed E-state index contributed by atoms with van der Waals surface area (Å²) in [4.78, 5) is 27.4. The minimum atomic E-state index is -0.954. The van der Waals surface area contributed by atoms with Crippen molar-refractivity contribution in [1.29, 1.82) is 0 Å². The van der Waals surface area contributed by atoms with Crippen LogP contribution in [0.4, 0.5) is 5.69 Å². The van der Waals surface area contributed by atoms with Gasteiger partial charge in [0.25, 0.3) is 11.7 Å². The molecule has 1 saturated heterocycles. The fourth-order valence-electron chi connectivity index (χ4n) is 3.63. The summed E-state index contributed by atoms with van der Waals surface area (Å²) in [7, 11) is 1.53. The molecule has 1 aromatic heterocycles. The molecule has 164 valence electrons. The van der Waals surface area contributed by atoms with Crippen LogP contribution in [-0.4, -0.2) is 30.5 Å². The molecule has 0 saturated carbocycles. The summed E-state index contributed by atoms with van der Waals surface area (Å²) in [5.74, 6) is -0.662. The Morgan fingerprint density at radius 1 is 1.16 bits per heavy atom. The summed E-state index contributed by atoms with van der Waals surface area (Å²) in [5, 5.41) is 11.5. The molecule has 1 amide bonds. The molecule has 0 radical (unpaired) electrons. The van der Waals surface area contributed by atoms with E-state index in [0.717, 1.165) is 0 Å². The van der Waals surface area contributed by atoms with Gasteiger partial charge in [-0.1, -0.05) is 11.6 Å². The zero-order valence-corrected chi connectivity index (χ0v) is 18.1. The van der Waals surface area contributed by atoms with Crippen molar-refractivity contribution in [3.8, 4) is 11.5 Å². The van der Waals surface area contributed by atoms with Gasteiger partial charge in [-0.05, 0) is 61.5 Å². The highest BCUT2D eigenvalue weighted by atomic mass is 35.5. The van der Waals surface area contributed by atoms with Crippen molar-refractivity contribution in [2.45, 2.75) is 13.0 Å². The van der Waals surface area contributed by atoms with Gasteiger partial charge in [-0.2, -0.15) is 0 Å². The largest absolute Gasteiger partial charge is 0.507 e. The number of carbonyl (C=O) groups excluding carboxylic acids is 2. The van der Waals surface area contributed by atoms with Crippen molar-refractivity contribution in [1.82, 2.24) is 0 Å². The number of anilines is 1. The first-order valence-electron chi connectivity index (χ1n) is 9.87. The van der Waals surface area contributed by atoms with E-state index < -0.39 is 17.7 Å². The van der Waals surface area contributed by atoms with Crippen molar-refractivity contribution < 1.29 is 28.6 Å². The van der Waals surface area contributed by atoms with E-state index >= 15 is 0 Å². The van der Waals surface area contributed by atoms with Crippen LogP contribution in [0.1, 0.15) is 24.3 Å². The number of methoxy groups -OCH3 is 1. The van der Waals surface area contributed by atoms with E-state index in [4.69, 9.17) is 25.5 Å². The summed E-state index contributed by atoms with van der Waals surface area (Å²) >= 11 is 6.15. The number of furan rings is 1. The van der Waals surface area contributed by atoms with Crippen molar-refractivity contribution in [3.63, 3.8) is 0 Å². The number of Topliss-reactive ketones (excluding diaryl/α,β-unsaturated/α-hetero) is 1. The number of ether oxygens (including phenoxy) is 2. The van der Waals surface area contributed by atoms with E-state index in [9.17, 15) is 14.7 Å². The third kappa shape index (κ3) is 3.71. The highest BCUT2D eigenvalue weighted by molar-refractivity contribution is 6.51. The number of nitrogens with zero attached hydrogens (tertiary/aromatic N) is 1. The minimum absolute atomic E-state index is 0.0921. The summed E-state index contributed by atoms with van der Waals surface area (Å²) in [6, 6.07) is 13.7. The van der Waals surface area contributed by atoms with Gasteiger partial charge in [0.15, 0.2) is 0 Å². The molecule has 1 atom stereocenters. The number of halogens is 1. The van der Waals surface area contributed by atoms with Crippen LogP contribution in [0.15, 0.2) is 70.9 Å². The number of hydrogen-bond acceptors (Lipinski definition) is 6. The van der Waals surface area contributed by atoms with Gasteiger partial charge < -0.3 is 19.0 Å². The number of benzene rings is 2. The van der Waals surface area contributed by atoms with Gasteiger partial charge in [-0.25, -0.2) is 0 Å². The van der Waals surface area contributed by atoms with Gasteiger partial charge >= 0.3 is 0 Å². The third-order valence-corrected chi connectivity index (χ3v) is 5.42. The van der Waals surface area contributed by atoms with Crippen molar-refractivity contribution in [2.24, 2.45) is 0 Å². The Kier molecular flexibility index (Phi) is 5.92. The summed E-state index contributed by atoms with van der Waals surface area (Å²) in [6.45, 7) is 2.18. The molecule has 3 aromatic rings. The Morgan fingerprint density at radius 2 is 1.91 bits per heavy atom. The van der Waals surface area contributed by atoms with Crippen molar-refractivity contribution >= 4 is 34.7 Å². The van der Waals surface area contributed by atoms with E-state index in [-0.39, 0.29) is 11.3 Å². The topological polar surface area (TPSA) is 89.2 Å². The number of rotatable bonds is 6. The van der Waals surface area contributed by atoms with Crippen LogP contribution in [-0.2, 0) is 9.59 Å². The van der Waals surface area contributed by atoms with E-state index in [1.165, 1.54) is 24.3 Å². The van der Waals surface area contributed by atoms with Gasteiger partial charge in [0, 0.05) is 11.3 Å². The summed E-state index contributed by atoms with van der Waals surface area (Å²) in [6.07, 6.45) is 1.44. The molecule has 2 heterocycles. The minimum Gasteiger partial charge on any atom is -0.507 e. The van der Waals surface area contributed by atoms with Crippen LogP contribution in [0.25, 0.3) is 5.76 Å². The van der Waals surface area contributed by atoms with Gasteiger partial charge in [0.05, 0.1) is 30.6 Å². The number of aliphatic hydroxyl groups excluding tert-OH is 1. The second-order valence-corrected chi connectivity index (χ2v) is 7.37. The molecule has 1 fully saturated rings.